The minimum absolute atomic E-state index is 0.318. The highest BCUT2D eigenvalue weighted by Crippen LogP contribution is 2.42. The zero-order valence-electron chi connectivity index (χ0n) is 13.8. The van der Waals surface area contributed by atoms with E-state index in [1.807, 2.05) is 34.6 Å². The van der Waals surface area contributed by atoms with Gasteiger partial charge in [-0.1, -0.05) is 32.0 Å². The molecule has 1 aromatic carbocycles. The van der Waals surface area contributed by atoms with Gasteiger partial charge in [-0.2, -0.15) is 0 Å². The molecular weight excluding hydrogens is 262 g/mol. The molecule has 1 heterocycles. The quantitative estimate of drug-likeness (QED) is 0.788. The predicted octanol–water partition coefficient (Wildman–Crippen LogP) is 5.03. The third kappa shape index (κ3) is 5.62. The maximum atomic E-state index is 9.60. The summed E-state index contributed by atoms with van der Waals surface area (Å²) in [6, 6.07) is 8.54. The highest BCUT2D eigenvalue weighted by atomic mass is 16.5. The van der Waals surface area contributed by atoms with Gasteiger partial charge in [-0.25, -0.2) is 0 Å². The Labute approximate surface area is 127 Å². The molecule has 1 fully saturated rings. The van der Waals surface area contributed by atoms with Crippen LogP contribution in [0.5, 0.6) is 0 Å². The van der Waals surface area contributed by atoms with Crippen LogP contribution in [0.25, 0.3) is 10.9 Å². The fourth-order valence-corrected chi connectivity index (χ4v) is 1.97. The minimum atomic E-state index is -0.318. The van der Waals surface area contributed by atoms with Crippen LogP contribution >= 0.6 is 0 Å². The molecule has 1 aromatic heterocycles. The second kappa shape index (κ2) is 7.87. The summed E-state index contributed by atoms with van der Waals surface area (Å²) >= 11 is 0. The molecule has 1 aliphatic rings. The molecule has 0 spiro atoms. The number of H-pyrrole nitrogens is 1. The summed E-state index contributed by atoms with van der Waals surface area (Å²) in [5, 5.41) is 1.42. The summed E-state index contributed by atoms with van der Waals surface area (Å²) in [5.74, 6) is 0.848. The van der Waals surface area contributed by atoms with Crippen LogP contribution in [0.1, 0.15) is 58.9 Å². The molecule has 0 radical (unpaired) electrons. The molecule has 1 saturated carbocycles. The summed E-state index contributed by atoms with van der Waals surface area (Å²) in [6.45, 7) is 9.92. The zero-order chi connectivity index (χ0) is 15.9. The van der Waals surface area contributed by atoms with E-state index in [2.05, 4.69) is 40.2 Å². The van der Waals surface area contributed by atoms with E-state index < -0.39 is 0 Å². The maximum absolute atomic E-state index is 9.60. The number of carbonyl (C=O) groups excluding carboxylic acids is 1. The van der Waals surface area contributed by atoms with Crippen LogP contribution in [0, 0.1) is 0 Å². The third-order valence-electron chi connectivity index (χ3n) is 3.04. The Hall–Kier alpha value is -1.77. The van der Waals surface area contributed by atoms with Crippen LogP contribution in [0.15, 0.2) is 30.5 Å². The number of aromatic amines is 1. The Morgan fingerprint density at radius 3 is 2.29 bits per heavy atom. The maximum Gasteiger partial charge on any atom is 0.293 e. The van der Waals surface area contributed by atoms with Crippen molar-refractivity contribution in [3.05, 3.63) is 36.0 Å². The number of carbonyl (C=O) groups is 1. The highest BCUT2D eigenvalue weighted by molar-refractivity contribution is 5.83. The van der Waals surface area contributed by atoms with E-state index in [4.69, 9.17) is 0 Å². The van der Waals surface area contributed by atoms with Crippen LogP contribution in [-0.2, 0) is 9.53 Å². The molecular formula is C18H27NO2. The second-order valence-corrected chi connectivity index (χ2v) is 5.89. The van der Waals surface area contributed by atoms with E-state index in [-0.39, 0.29) is 5.60 Å². The Morgan fingerprint density at radius 1 is 1.19 bits per heavy atom. The smallest absolute Gasteiger partial charge is 0.293 e. The third-order valence-corrected chi connectivity index (χ3v) is 3.04. The fourth-order valence-electron chi connectivity index (χ4n) is 1.97. The van der Waals surface area contributed by atoms with Gasteiger partial charge in [-0.15, -0.1) is 0 Å². The van der Waals surface area contributed by atoms with Gasteiger partial charge in [0.1, 0.15) is 5.60 Å². The van der Waals surface area contributed by atoms with Gasteiger partial charge in [-0.05, 0) is 51.2 Å². The molecule has 3 rings (SSSR count). The van der Waals surface area contributed by atoms with Crippen molar-refractivity contribution in [1.29, 1.82) is 0 Å². The molecule has 1 aliphatic carbocycles. The molecule has 116 valence electrons. The lowest BCUT2D eigenvalue weighted by molar-refractivity contribution is -0.138. The Kier molecular flexibility index (Phi) is 6.47. The molecule has 0 aliphatic heterocycles. The number of rotatable bonds is 2. The Balaban J connectivity index is 0.000000214. The van der Waals surface area contributed by atoms with E-state index >= 15 is 0 Å². The normalized spacial score (nSPS) is 13.6. The lowest BCUT2D eigenvalue weighted by Crippen LogP contribution is -2.17. The average molecular weight is 289 g/mol. The minimum Gasteiger partial charge on any atom is -0.462 e. The van der Waals surface area contributed by atoms with Gasteiger partial charge in [0.05, 0.1) is 0 Å². The summed E-state index contributed by atoms with van der Waals surface area (Å²) in [6.07, 6.45) is 4.92. The fraction of sp³-hybridized carbons (Fsp3) is 0.500. The van der Waals surface area contributed by atoms with Gasteiger partial charge < -0.3 is 9.72 Å². The Bertz CT molecular complexity index is 548. The first-order chi connectivity index (χ1) is 10.0. The van der Waals surface area contributed by atoms with E-state index in [1.54, 1.807) is 0 Å². The number of aromatic nitrogens is 1. The van der Waals surface area contributed by atoms with Crippen LogP contribution in [0.3, 0.4) is 0 Å². The largest absolute Gasteiger partial charge is 0.462 e. The number of hydrogen-bond acceptors (Lipinski definition) is 2. The van der Waals surface area contributed by atoms with Gasteiger partial charge in [0.25, 0.3) is 6.47 Å². The van der Waals surface area contributed by atoms with Crippen LogP contribution in [0.4, 0.5) is 0 Å². The van der Waals surface area contributed by atoms with Crippen molar-refractivity contribution in [2.24, 2.45) is 0 Å². The SMILES string of the molecule is CC.CC(C)(C)OC=O.c1ccc2c(C3CC3)c[nH]c2c1. The monoisotopic (exact) mass is 289 g/mol. The standard InChI is InChI=1S/C11H11N.C5H10O2.C2H6/c1-2-4-11-9(3-1)10(7-12-11)8-5-6-8;1-5(2,3)7-4-6;1-2/h1-4,7-8,12H,5-6H2;4H,1-3H3;1-2H3. The van der Waals surface area contributed by atoms with E-state index in [0.717, 1.165) is 5.92 Å². The zero-order valence-corrected chi connectivity index (χ0v) is 13.8. The summed E-state index contributed by atoms with van der Waals surface area (Å²) in [7, 11) is 0. The molecule has 3 nitrogen and oxygen atoms in total. The number of para-hydroxylation sites is 1. The molecule has 3 heteroatoms. The van der Waals surface area contributed by atoms with Crippen molar-refractivity contribution in [1.82, 2.24) is 4.98 Å². The van der Waals surface area contributed by atoms with Gasteiger partial charge in [0.15, 0.2) is 0 Å². The molecule has 0 saturated heterocycles. The highest BCUT2D eigenvalue weighted by Gasteiger charge is 2.25. The van der Waals surface area contributed by atoms with Crippen molar-refractivity contribution < 1.29 is 9.53 Å². The number of benzene rings is 1. The summed E-state index contributed by atoms with van der Waals surface area (Å²) in [5.41, 5.74) is 2.48. The van der Waals surface area contributed by atoms with Crippen LogP contribution in [0.2, 0.25) is 0 Å². The van der Waals surface area contributed by atoms with E-state index in [1.165, 1.54) is 29.3 Å². The lowest BCUT2D eigenvalue weighted by atomic mass is 10.1. The summed E-state index contributed by atoms with van der Waals surface area (Å²) in [4.78, 5) is 12.9. The summed E-state index contributed by atoms with van der Waals surface area (Å²) < 4.78 is 4.55. The van der Waals surface area contributed by atoms with Crippen LogP contribution < -0.4 is 0 Å². The predicted molar refractivity (Wildman–Crippen MR) is 88.5 cm³/mol. The number of hydrogen-bond donors (Lipinski definition) is 1. The topological polar surface area (TPSA) is 42.1 Å². The van der Waals surface area contributed by atoms with Crippen LogP contribution in [-0.4, -0.2) is 17.1 Å². The lowest BCUT2D eigenvalue weighted by Gasteiger charge is -2.14. The number of nitrogens with one attached hydrogen (secondary N) is 1. The number of fused-ring (bicyclic) bond motifs is 1. The first-order valence-electron chi connectivity index (χ1n) is 7.69. The van der Waals surface area contributed by atoms with Crippen molar-refractivity contribution in [2.75, 3.05) is 0 Å². The molecule has 1 N–H and O–H groups in total. The van der Waals surface area contributed by atoms with Gasteiger partial charge in [0, 0.05) is 17.1 Å². The van der Waals surface area contributed by atoms with E-state index in [0.29, 0.717) is 6.47 Å². The van der Waals surface area contributed by atoms with Gasteiger partial charge in [-0.3, -0.25) is 4.79 Å². The molecule has 0 unspecified atom stereocenters. The van der Waals surface area contributed by atoms with Gasteiger partial charge >= 0.3 is 0 Å². The molecule has 2 aromatic rings. The molecule has 0 atom stereocenters. The Morgan fingerprint density at radius 2 is 1.81 bits per heavy atom. The second-order valence-electron chi connectivity index (χ2n) is 5.89. The van der Waals surface area contributed by atoms with Crippen molar-refractivity contribution in [3.8, 4) is 0 Å². The molecule has 21 heavy (non-hydrogen) atoms. The molecule has 0 bridgehead atoms. The van der Waals surface area contributed by atoms with Gasteiger partial charge in [0.2, 0.25) is 0 Å². The van der Waals surface area contributed by atoms with Crippen molar-refractivity contribution >= 4 is 17.4 Å². The van der Waals surface area contributed by atoms with E-state index in [9.17, 15) is 4.79 Å². The molecule has 0 amide bonds. The number of ether oxygens (including phenoxy) is 1. The van der Waals surface area contributed by atoms with Crippen molar-refractivity contribution in [2.45, 2.75) is 59.0 Å². The average Bonchev–Trinajstić information content (AvgIpc) is 3.20. The first-order valence-corrected chi connectivity index (χ1v) is 7.69. The first kappa shape index (κ1) is 17.3. The van der Waals surface area contributed by atoms with Crippen molar-refractivity contribution in [3.63, 3.8) is 0 Å².